The first-order chi connectivity index (χ1) is 4.21. The highest BCUT2D eigenvalue weighted by Crippen LogP contribution is 2.06. The van der Waals surface area contributed by atoms with Crippen LogP contribution in [0.3, 0.4) is 0 Å². The summed E-state index contributed by atoms with van der Waals surface area (Å²) in [5, 5.41) is 0. The molecule has 4 nitrogen and oxygen atoms in total. The molecule has 54 valence electrons. The zero-order valence-electron chi connectivity index (χ0n) is 5.04. The Labute approximate surface area is 54.5 Å². The highest BCUT2D eigenvalue weighted by Gasteiger charge is 2.37. The summed E-state index contributed by atoms with van der Waals surface area (Å²) in [7, 11) is -3.64. The summed E-state index contributed by atoms with van der Waals surface area (Å²) in [6.45, 7) is 0.804. The Morgan fingerprint density at radius 2 is 1.44 bits per heavy atom. The van der Waals surface area contributed by atoms with Gasteiger partial charge >= 0.3 is 9.05 Å². The average Bonchev–Trinajstić information content (AvgIpc) is 1.92. The maximum atomic E-state index is 8.80. The molecular weight excluding hydrogens is 140 g/mol. The first kappa shape index (κ1) is 7.17. The lowest BCUT2D eigenvalue weighted by atomic mass is 10.3. The molecule has 0 aromatic carbocycles. The maximum Gasteiger partial charge on any atom is 0.674 e. The Balaban J connectivity index is 2.36. The van der Waals surface area contributed by atoms with Crippen LogP contribution in [-0.2, 0) is 8.85 Å². The van der Waals surface area contributed by atoms with Crippen molar-refractivity contribution >= 4 is 9.05 Å². The van der Waals surface area contributed by atoms with Crippen molar-refractivity contribution in [3.8, 4) is 0 Å². The second-order valence-electron chi connectivity index (χ2n) is 1.95. The largest absolute Gasteiger partial charge is 0.674 e. The topological polar surface area (TPSA) is 58.9 Å². The molecule has 0 aromatic rings. The Hall–Kier alpha value is 0.0569. The fourth-order valence-electron chi connectivity index (χ4n) is 0.656. The molecule has 0 aliphatic carbocycles. The van der Waals surface area contributed by atoms with Gasteiger partial charge in [-0.3, -0.25) is 0 Å². The quantitative estimate of drug-likeness (QED) is 0.445. The van der Waals surface area contributed by atoms with E-state index in [0.29, 0.717) is 13.2 Å². The summed E-state index contributed by atoms with van der Waals surface area (Å²) in [5.41, 5.74) is 0. The molecular formula is C4H10O4Si. The predicted molar refractivity (Wildman–Crippen MR) is 31.3 cm³/mol. The molecule has 0 unspecified atom stereocenters. The first-order valence-corrected chi connectivity index (χ1v) is 4.64. The van der Waals surface area contributed by atoms with E-state index in [1.54, 1.807) is 0 Å². The van der Waals surface area contributed by atoms with Crippen LogP contribution in [0.4, 0.5) is 0 Å². The third-order valence-corrected chi connectivity index (χ3v) is 2.28. The van der Waals surface area contributed by atoms with E-state index >= 15 is 0 Å². The maximum absolute atomic E-state index is 8.80. The number of hydrogen-bond donors (Lipinski definition) is 2. The summed E-state index contributed by atoms with van der Waals surface area (Å²) in [6.07, 6.45) is 1.69. The van der Waals surface area contributed by atoms with Crippen LogP contribution in [0.5, 0.6) is 0 Å². The minimum Gasteiger partial charge on any atom is -0.367 e. The van der Waals surface area contributed by atoms with E-state index in [1.165, 1.54) is 0 Å². The lowest BCUT2D eigenvalue weighted by Gasteiger charge is -2.11. The fraction of sp³-hybridized carbons (Fsp3) is 1.00. The minimum absolute atomic E-state index is 0.402. The molecule has 5 heteroatoms. The van der Waals surface area contributed by atoms with Crippen LogP contribution in [0.1, 0.15) is 12.8 Å². The summed E-state index contributed by atoms with van der Waals surface area (Å²) < 4.78 is 9.24. The molecule has 1 saturated heterocycles. The molecule has 1 rings (SSSR count). The SMILES string of the molecule is O[Si]1(O)OCCCCO1. The highest BCUT2D eigenvalue weighted by atomic mass is 28.4. The standard InChI is InChI=1S/C4H10O4Si/c5-9(6)7-3-1-2-4-8-9/h5-6H,1-4H2. The van der Waals surface area contributed by atoms with Crippen molar-refractivity contribution in [3.63, 3.8) is 0 Å². The van der Waals surface area contributed by atoms with Gasteiger partial charge in [0.1, 0.15) is 0 Å². The van der Waals surface area contributed by atoms with Crippen LogP contribution in [0.15, 0.2) is 0 Å². The van der Waals surface area contributed by atoms with Gasteiger partial charge in [0.2, 0.25) is 0 Å². The molecule has 1 aliphatic heterocycles. The minimum atomic E-state index is -3.64. The monoisotopic (exact) mass is 150 g/mol. The summed E-state index contributed by atoms with van der Waals surface area (Å²) >= 11 is 0. The fourth-order valence-corrected chi connectivity index (χ4v) is 1.56. The van der Waals surface area contributed by atoms with Crippen molar-refractivity contribution in [1.29, 1.82) is 0 Å². The van der Waals surface area contributed by atoms with Crippen LogP contribution >= 0.6 is 0 Å². The number of hydrogen-bond acceptors (Lipinski definition) is 4. The zero-order chi connectivity index (χ0) is 6.74. The molecule has 9 heavy (non-hydrogen) atoms. The van der Waals surface area contributed by atoms with Crippen LogP contribution in [-0.4, -0.2) is 31.9 Å². The summed E-state index contributed by atoms with van der Waals surface area (Å²) in [5.74, 6) is 0. The van der Waals surface area contributed by atoms with Crippen LogP contribution in [0.2, 0.25) is 0 Å². The second kappa shape index (κ2) is 2.76. The summed E-state index contributed by atoms with van der Waals surface area (Å²) in [4.78, 5) is 17.6. The molecule has 0 spiro atoms. The summed E-state index contributed by atoms with van der Waals surface area (Å²) in [6, 6.07) is 0. The molecule has 2 N–H and O–H groups in total. The van der Waals surface area contributed by atoms with Gasteiger partial charge in [0.15, 0.2) is 0 Å². The van der Waals surface area contributed by atoms with Gasteiger partial charge in [-0.05, 0) is 12.8 Å². The smallest absolute Gasteiger partial charge is 0.367 e. The lowest BCUT2D eigenvalue weighted by Crippen LogP contribution is -2.41. The van der Waals surface area contributed by atoms with E-state index in [-0.39, 0.29) is 0 Å². The van der Waals surface area contributed by atoms with Gasteiger partial charge in [0.05, 0.1) is 0 Å². The number of rotatable bonds is 0. The van der Waals surface area contributed by atoms with Gasteiger partial charge in [-0.25, -0.2) is 0 Å². The normalized spacial score (nSPS) is 27.3. The van der Waals surface area contributed by atoms with Crippen LogP contribution < -0.4 is 0 Å². The third-order valence-electron chi connectivity index (χ3n) is 1.12. The van der Waals surface area contributed by atoms with Crippen molar-refractivity contribution < 1.29 is 18.4 Å². The predicted octanol–water partition coefficient (Wildman–Crippen LogP) is -0.766. The first-order valence-electron chi connectivity index (χ1n) is 2.93. The van der Waals surface area contributed by atoms with Crippen molar-refractivity contribution in [3.05, 3.63) is 0 Å². The van der Waals surface area contributed by atoms with E-state index in [9.17, 15) is 0 Å². The van der Waals surface area contributed by atoms with Gasteiger partial charge in [-0.15, -0.1) is 0 Å². The Morgan fingerprint density at radius 1 is 1.00 bits per heavy atom. The van der Waals surface area contributed by atoms with Crippen LogP contribution in [0, 0.1) is 0 Å². The molecule has 0 aromatic heterocycles. The van der Waals surface area contributed by atoms with Gasteiger partial charge in [-0.1, -0.05) is 0 Å². The van der Waals surface area contributed by atoms with Gasteiger partial charge < -0.3 is 18.4 Å². The molecule has 1 fully saturated rings. The molecule has 0 atom stereocenters. The Morgan fingerprint density at radius 3 is 1.89 bits per heavy atom. The molecule has 0 radical (unpaired) electrons. The van der Waals surface area contributed by atoms with E-state index < -0.39 is 9.05 Å². The molecule has 1 heterocycles. The van der Waals surface area contributed by atoms with E-state index in [4.69, 9.17) is 9.59 Å². The highest BCUT2D eigenvalue weighted by molar-refractivity contribution is 6.50. The average molecular weight is 150 g/mol. The van der Waals surface area contributed by atoms with E-state index in [0.717, 1.165) is 12.8 Å². The van der Waals surface area contributed by atoms with Crippen molar-refractivity contribution in [2.75, 3.05) is 13.2 Å². The van der Waals surface area contributed by atoms with Gasteiger partial charge in [0.25, 0.3) is 0 Å². The van der Waals surface area contributed by atoms with Crippen molar-refractivity contribution in [2.24, 2.45) is 0 Å². The third kappa shape index (κ3) is 2.42. The molecule has 0 saturated carbocycles. The molecule has 0 amide bonds. The van der Waals surface area contributed by atoms with E-state index in [2.05, 4.69) is 8.85 Å². The van der Waals surface area contributed by atoms with E-state index in [1.807, 2.05) is 0 Å². The van der Waals surface area contributed by atoms with Crippen molar-refractivity contribution in [1.82, 2.24) is 0 Å². The van der Waals surface area contributed by atoms with Gasteiger partial charge in [0, 0.05) is 13.2 Å². The molecule has 1 aliphatic rings. The van der Waals surface area contributed by atoms with Gasteiger partial charge in [-0.2, -0.15) is 0 Å². The second-order valence-corrected chi connectivity index (χ2v) is 3.63. The Bertz CT molecular complexity index is 84.6. The molecule has 0 bridgehead atoms. The zero-order valence-corrected chi connectivity index (χ0v) is 6.04. The Kier molecular flexibility index (Phi) is 2.20. The lowest BCUT2D eigenvalue weighted by molar-refractivity contribution is 0.0420. The van der Waals surface area contributed by atoms with Crippen molar-refractivity contribution in [2.45, 2.75) is 12.8 Å². The van der Waals surface area contributed by atoms with Crippen LogP contribution in [0.25, 0.3) is 0 Å².